The second-order valence-electron chi connectivity index (χ2n) is 9.21. The van der Waals surface area contributed by atoms with Gasteiger partial charge in [0.25, 0.3) is 0 Å². The highest BCUT2D eigenvalue weighted by atomic mass is 16.7. The summed E-state index contributed by atoms with van der Waals surface area (Å²) in [5.41, 5.74) is -0.435. The maximum Gasteiger partial charge on any atom is 0.408 e. The predicted octanol–water partition coefficient (Wildman–Crippen LogP) is 4.41. The lowest BCUT2D eigenvalue weighted by molar-refractivity contribution is -0.192. The van der Waals surface area contributed by atoms with Crippen molar-refractivity contribution in [1.29, 1.82) is 0 Å². The first-order chi connectivity index (χ1) is 16.1. The maximum atomic E-state index is 13.2. The van der Waals surface area contributed by atoms with Crippen molar-refractivity contribution in [3.05, 3.63) is 23.8 Å². The summed E-state index contributed by atoms with van der Waals surface area (Å²) in [7, 11) is 0. The molecule has 1 amide bonds. The number of carbonyl (C=O) groups excluding carboxylic acids is 3. The van der Waals surface area contributed by atoms with Crippen molar-refractivity contribution < 1.29 is 38.1 Å². The number of amides is 1. The van der Waals surface area contributed by atoms with Crippen LogP contribution in [0.4, 0.5) is 4.79 Å². The number of aldehydes is 1. The number of alkyl carbamates (subject to hydrolysis) is 1. The third-order valence-electron chi connectivity index (χ3n) is 4.97. The molecular weight excluding hydrogens is 442 g/mol. The molecular formula is C25H37NO8. The zero-order chi connectivity index (χ0) is 25.1. The highest BCUT2D eigenvalue weighted by molar-refractivity contribution is 5.85. The van der Waals surface area contributed by atoms with E-state index in [-0.39, 0.29) is 5.75 Å². The van der Waals surface area contributed by atoms with Crippen LogP contribution in [0.1, 0.15) is 77.1 Å². The lowest BCUT2D eigenvalue weighted by Gasteiger charge is -2.30. The lowest BCUT2D eigenvalue weighted by Crippen LogP contribution is -2.52. The zero-order valence-corrected chi connectivity index (χ0v) is 20.8. The molecule has 0 aromatic heterocycles. The van der Waals surface area contributed by atoms with Gasteiger partial charge in [0.05, 0.1) is 12.7 Å². The molecule has 9 nitrogen and oxygen atoms in total. The summed E-state index contributed by atoms with van der Waals surface area (Å²) >= 11 is 0. The molecule has 1 aliphatic rings. The Hall–Kier alpha value is -2.65. The minimum Gasteiger partial charge on any atom is -0.490 e. The van der Waals surface area contributed by atoms with E-state index in [9.17, 15) is 14.4 Å². The Kier molecular flexibility index (Phi) is 10.8. The third-order valence-corrected chi connectivity index (χ3v) is 4.97. The van der Waals surface area contributed by atoms with Crippen LogP contribution in [-0.4, -0.2) is 55.6 Å². The summed E-state index contributed by atoms with van der Waals surface area (Å²) in [6.07, 6.45) is 2.94. The van der Waals surface area contributed by atoms with Crippen LogP contribution in [-0.2, 0) is 19.0 Å². The highest BCUT2D eigenvalue weighted by Gasteiger charge is 2.34. The van der Waals surface area contributed by atoms with Gasteiger partial charge in [-0.15, -0.1) is 0 Å². The Labute approximate surface area is 201 Å². The largest absolute Gasteiger partial charge is 0.490 e. The number of ether oxygens (including phenoxy) is 5. The number of hydrogen-bond donors (Lipinski definition) is 1. The summed E-state index contributed by atoms with van der Waals surface area (Å²) in [4.78, 5) is 37.0. The quantitative estimate of drug-likeness (QED) is 0.215. The van der Waals surface area contributed by atoms with E-state index in [4.69, 9.17) is 23.7 Å². The fourth-order valence-corrected chi connectivity index (χ4v) is 3.23. The molecule has 1 saturated heterocycles. The van der Waals surface area contributed by atoms with E-state index in [2.05, 4.69) is 5.32 Å². The van der Waals surface area contributed by atoms with Gasteiger partial charge in [-0.05, 0) is 71.6 Å². The predicted molar refractivity (Wildman–Crippen MR) is 125 cm³/mol. The first-order valence-corrected chi connectivity index (χ1v) is 11.8. The summed E-state index contributed by atoms with van der Waals surface area (Å²) in [6.45, 7) is 9.86. The van der Waals surface area contributed by atoms with Crippen molar-refractivity contribution >= 4 is 18.3 Å². The van der Waals surface area contributed by atoms with Gasteiger partial charge in [0, 0.05) is 12.2 Å². The summed E-state index contributed by atoms with van der Waals surface area (Å²) in [6, 6.07) is 3.39. The number of carbonyl (C=O) groups is 3. The van der Waals surface area contributed by atoms with Gasteiger partial charge < -0.3 is 29.0 Å². The van der Waals surface area contributed by atoms with Crippen LogP contribution in [0, 0.1) is 0 Å². The molecule has 1 fully saturated rings. The molecule has 1 aromatic rings. The van der Waals surface area contributed by atoms with E-state index in [0.29, 0.717) is 37.2 Å². The van der Waals surface area contributed by atoms with Crippen LogP contribution in [0.2, 0.25) is 0 Å². The molecule has 34 heavy (non-hydrogen) atoms. The number of hydrogen-bond acceptors (Lipinski definition) is 8. The molecule has 0 spiro atoms. The van der Waals surface area contributed by atoms with E-state index in [1.165, 1.54) is 6.07 Å². The smallest absolute Gasteiger partial charge is 0.408 e. The molecule has 1 heterocycles. The zero-order valence-electron chi connectivity index (χ0n) is 20.8. The van der Waals surface area contributed by atoms with E-state index in [1.54, 1.807) is 39.8 Å². The topological polar surface area (TPSA) is 109 Å². The van der Waals surface area contributed by atoms with Crippen molar-refractivity contribution in [2.45, 2.75) is 90.8 Å². The minimum absolute atomic E-state index is 0.0859. The van der Waals surface area contributed by atoms with Crippen molar-refractivity contribution in [1.82, 2.24) is 5.32 Å². The van der Waals surface area contributed by atoms with Crippen molar-refractivity contribution in [2.75, 3.05) is 13.2 Å². The van der Waals surface area contributed by atoms with Gasteiger partial charge in [-0.25, -0.2) is 9.59 Å². The minimum atomic E-state index is -1.19. The van der Waals surface area contributed by atoms with Gasteiger partial charge in [-0.3, -0.25) is 4.79 Å². The second kappa shape index (κ2) is 13.3. The SMILES string of the molecule is CCCCOc1ccc(C=O)cc1OC(=O)C(NC(=O)OC(C)(C)C)C(C)OC1CCCCO1. The van der Waals surface area contributed by atoms with Gasteiger partial charge >= 0.3 is 12.1 Å². The molecule has 9 heteroatoms. The van der Waals surface area contributed by atoms with Crippen LogP contribution in [0.5, 0.6) is 11.5 Å². The lowest BCUT2D eigenvalue weighted by atomic mass is 10.1. The Morgan fingerprint density at radius 2 is 2.00 bits per heavy atom. The summed E-state index contributed by atoms with van der Waals surface area (Å²) < 4.78 is 28.2. The number of nitrogens with one attached hydrogen (secondary N) is 1. The van der Waals surface area contributed by atoms with Crippen LogP contribution in [0.3, 0.4) is 0 Å². The number of benzene rings is 1. The first kappa shape index (κ1) is 27.6. The Bertz CT molecular complexity index is 814. The van der Waals surface area contributed by atoms with Crippen LogP contribution < -0.4 is 14.8 Å². The van der Waals surface area contributed by atoms with E-state index in [0.717, 1.165) is 25.7 Å². The average molecular weight is 480 g/mol. The number of esters is 1. The summed E-state index contributed by atoms with van der Waals surface area (Å²) in [5, 5.41) is 2.56. The van der Waals surface area contributed by atoms with Crippen molar-refractivity contribution in [3.8, 4) is 11.5 Å². The van der Waals surface area contributed by atoms with Gasteiger partial charge in [0.1, 0.15) is 11.9 Å². The number of rotatable bonds is 11. The Morgan fingerprint density at radius 1 is 1.24 bits per heavy atom. The van der Waals surface area contributed by atoms with Gasteiger partial charge in [0.15, 0.2) is 23.8 Å². The second-order valence-corrected chi connectivity index (χ2v) is 9.21. The molecule has 1 aliphatic heterocycles. The maximum absolute atomic E-state index is 13.2. The molecule has 3 unspecified atom stereocenters. The van der Waals surface area contributed by atoms with Crippen molar-refractivity contribution in [2.24, 2.45) is 0 Å². The molecule has 0 bridgehead atoms. The normalized spacial score (nSPS) is 17.9. The van der Waals surface area contributed by atoms with Crippen LogP contribution in [0.25, 0.3) is 0 Å². The monoisotopic (exact) mass is 479 g/mol. The molecule has 190 valence electrons. The van der Waals surface area contributed by atoms with Gasteiger partial charge in [-0.1, -0.05) is 13.3 Å². The Morgan fingerprint density at radius 3 is 2.62 bits per heavy atom. The molecule has 0 radical (unpaired) electrons. The molecule has 0 aliphatic carbocycles. The number of unbranched alkanes of at least 4 members (excludes halogenated alkanes) is 1. The first-order valence-electron chi connectivity index (χ1n) is 11.8. The van der Waals surface area contributed by atoms with Gasteiger partial charge in [-0.2, -0.15) is 0 Å². The third kappa shape index (κ3) is 9.30. The summed E-state index contributed by atoms with van der Waals surface area (Å²) in [5.74, 6) is -0.368. The highest BCUT2D eigenvalue weighted by Crippen LogP contribution is 2.29. The molecule has 2 rings (SSSR count). The van der Waals surface area contributed by atoms with Crippen LogP contribution >= 0.6 is 0 Å². The molecule has 1 N–H and O–H groups in total. The fourth-order valence-electron chi connectivity index (χ4n) is 3.23. The van der Waals surface area contributed by atoms with Crippen LogP contribution in [0.15, 0.2) is 18.2 Å². The standard InChI is InChI=1S/C25H37NO8/c1-6-7-13-30-19-12-11-18(16-27)15-20(19)33-23(28)22(26-24(29)34-25(3,4)5)17(2)32-21-10-8-9-14-31-21/h11-12,15-17,21-22H,6-10,13-14H2,1-5H3,(H,26,29). The molecule has 3 atom stereocenters. The molecule has 0 saturated carbocycles. The Balaban J connectivity index is 2.22. The van der Waals surface area contributed by atoms with E-state index in [1.807, 2.05) is 6.92 Å². The van der Waals surface area contributed by atoms with Crippen molar-refractivity contribution in [3.63, 3.8) is 0 Å². The van der Waals surface area contributed by atoms with E-state index < -0.39 is 36.1 Å². The van der Waals surface area contributed by atoms with Gasteiger partial charge in [0.2, 0.25) is 0 Å². The molecule has 1 aromatic carbocycles. The fraction of sp³-hybridized carbons (Fsp3) is 0.640. The van der Waals surface area contributed by atoms with E-state index >= 15 is 0 Å². The average Bonchev–Trinajstić information content (AvgIpc) is 2.77.